The maximum absolute atomic E-state index is 7.49. The van der Waals surface area contributed by atoms with E-state index < -0.39 is 0 Å². The minimum atomic E-state index is 0.363. The van der Waals surface area contributed by atoms with Gasteiger partial charge in [-0.2, -0.15) is 0 Å². The third kappa shape index (κ3) is 1.77. The highest BCUT2D eigenvalue weighted by Crippen LogP contribution is 2.23. The summed E-state index contributed by atoms with van der Waals surface area (Å²) in [5.41, 5.74) is 8.01. The molecule has 0 bridgehead atoms. The van der Waals surface area contributed by atoms with Crippen molar-refractivity contribution in [3.8, 4) is 5.88 Å². The fraction of sp³-hybridized carbons (Fsp3) is 0.333. The lowest BCUT2D eigenvalue weighted by Crippen LogP contribution is -2.05. The van der Waals surface area contributed by atoms with Crippen LogP contribution < -0.4 is 10.5 Å². The van der Waals surface area contributed by atoms with E-state index in [0.717, 1.165) is 5.69 Å². The summed E-state index contributed by atoms with van der Waals surface area (Å²) >= 11 is 0. The molecule has 4 nitrogen and oxygen atoms in total. The number of rotatable bonds is 2. The van der Waals surface area contributed by atoms with Gasteiger partial charge in [-0.15, -0.1) is 0 Å². The number of ether oxygens (including phenoxy) is 1. The van der Waals surface area contributed by atoms with Crippen molar-refractivity contribution in [1.29, 1.82) is 5.41 Å². The van der Waals surface area contributed by atoms with E-state index in [1.165, 1.54) is 7.11 Å². The molecule has 0 aliphatic heterocycles. The number of anilines is 1. The second kappa shape index (κ2) is 3.43. The van der Waals surface area contributed by atoms with Crippen molar-refractivity contribution in [3.05, 3.63) is 17.3 Å². The number of hydrogen-bond acceptors (Lipinski definition) is 4. The number of nitrogens with zero attached hydrogens (tertiary/aromatic N) is 1. The lowest BCUT2D eigenvalue weighted by molar-refractivity contribution is 0.396. The Morgan fingerprint density at radius 2 is 2.23 bits per heavy atom. The van der Waals surface area contributed by atoms with E-state index in [-0.39, 0.29) is 0 Å². The molecule has 13 heavy (non-hydrogen) atoms. The van der Waals surface area contributed by atoms with Crippen LogP contribution in [0.25, 0.3) is 0 Å². The Balaban J connectivity index is 3.38. The van der Waals surface area contributed by atoms with Gasteiger partial charge in [0.15, 0.2) is 0 Å². The number of pyridine rings is 1. The summed E-state index contributed by atoms with van der Waals surface area (Å²) in [6, 6.07) is 1.73. The predicted molar refractivity (Wildman–Crippen MR) is 52.4 cm³/mol. The highest BCUT2D eigenvalue weighted by Gasteiger charge is 2.11. The standard InChI is InChI=1S/C9H13N3O/c1-5-4-7(11)8(6(2)10)9(12-5)13-3/h4,10H,1-3H3,(H2,11,12). The van der Waals surface area contributed by atoms with Gasteiger partial charge in [0.1, 0.15) is 0 Å². The first kappa shape index (κ1) is 9.51. The van der Waals surface area contributed by atoms with Crippen LogP contribution in [0.15, 0.2) is 6.07 Å². The lowest BCUT2D eigenvalue weighted by Gasteiger charge is -2.09. The number of nitrogen functional groups attached to an aromatic ring is 1. The highest BCUT2D eigenvalue weighted by atomic mass is 16.5. The third-order valence-electron chi connectivity index (χ3n) is 1.71. The van der Waals surface area contributed by atoms with Crippen LogP contribution >= 0.6 is 0 Å². The molecule has 70 valence electrons. The molecule has 0 aromatic carbocycles. The molecule has 0 saturated carbocycles. The lowest BCUT2D eigenvalue weighted by atomic mass is 10.1. The Kier molecular flexibility index (Phi) is 2.51. The van der Waals surface area contributed by atoms with Gasteiger partial charge in [-0.1, -0.05) is 0 Å². The van der Waals surface area contributed by atoms with Crippen molar-refractivity contribution in [2.45, 2.75) is 13.8 Å². The SMILES string of the molecule is COc1nc(C)cc(N)c1C(C)=N. The number of aromatic nitrogens is 1. The zero-order chi connectivity index (χ0) is 10.0. The first-order valence-electron chi connectivity index (χ1n) is 3.93. The van der Waals surface area contributed by atoms with Crippen LogP contribution in [0.1, 0.15) is 18.2 Å². The summed E-state index contributed by atoms with van der Waals surface area (Å²) in [5.74, 6) is 0.421. The molecule has 0 unspecified atom stereocenters. The molecular weight excluding hydrogens is 166 g/mol. The summed E-state index contributed by atoms with van der Waals surface area (Å²) in [7, 11) is 1.52. The molecule has 4 heteroatoms. The Bertz CT molecular complexity index is 347. The van der Waals surface area contributed by atoms with Crippen LogP contribution in [0, 0.1) is 12.3 Å². The van der Waals surface area contributed by atoms with Gasteiger partial charge in [-0.25, -0.2) is 4.98 Å². The van der Waals surface area contributed by atoms with Crippen molar-refractivity contribution in [3.63, 3.8) is 0 Å². The van der Waals surface area contributed by atoms with E-state index in [1.54, 1.807) is 13.0 Å². The zero-order valence-corrected chi connectivity index (χ0v) is 8.01. The quantitative estimate of drug-likeness (QED) is 0.673. The topological polar surface area (TPSA) is 72.0 Å². The monoisotopic (exact) mass is 179 g/mol. The van der Waals surface area contributed by atoms with E-state index in [2.05, 4.69) is 4.98 Å². The van der Waals surface area contributed by atoms with E-state index >= 15 is 0 Å². The van der Waals surface area contributed by atoms with E-state index in [0.29, 0.717) is 22.8 Å². The fourth-order valence-corrected chi connectivity index (χ4v) is 1.19. The second-order valence-corrected chi connectivity index (χ2v) is 2.86. The maximum Gasteiger partial charge on any atom is 0.224 e. The maximum atomic E-state index is 7.49. The summed E-state index contributed by atoms with van der Waals surface area (Å²) in [6.45, 7) is 3.49. The molecule has 0 spiro atoms. The average molecular weight is 179 g/mol. The van der Waals surface area contributed by atoms with Crippen LogP contribution in [0.5, 0.6) is 5.88 Å². The van der Waals surface area contributed by atoms with Gasteiger partial charge in [0, 0.05) is 17.1 Å². The Morgan fingerprint density at radius 1 is 1.62 bits per heavy atom. The zero-order valence-electron chi connectivity index (χ0n) is 8.01. The van der Waals surface area contributed by atoms with Crippen LogP contribution in [0.2, 0.25) is 0 Å². The molecule has 0 atom stereocenters. The number of hydrogen-bond donors (Lipinski definition) is 2. The van der Waals surface area contributed by atoms with Crippen LogP contribution in [-0.2, 0) is 0 Å². The van der Waals surface area contributed by atoms with Crippen LogP contribution in [0.3, 0.4) is 0 Å². The summed E-state index contributed by atoms with van der Waals surface area (Å²) in [6.07, 6.45) is 0. The van der Waals surface area contributed by atoms with Crippen LogP contribution in [0.4, 0.5) is 5.69 Å². The summed E-state index contributed by atoms with van der Waals surface area (Å²) in [5, 5.41) is 7.49. The first-order valence-corrected chi connectivity index (χ1v) is 3.93. The van der Waals surface area contributed by atoms with E-state index in [9.17, 15) is 0 Å². The van der Waals surface area contributed by atoms with Crippen molar-refractivity contribution < 1.29 is 4.74 Å². The highest BCUT2D eigenvalue weighted by molar-refractivity contribution is 6.03. The van der Waals surface area contributed by atoms with Gasteiger partial charge >= 0.3 is 0 Å². The Labute approximate surface area is 77.2 Å². The number of nitrogens with one attached hydrogen (secondary N) is 1. The van der Waals surface area contributed by atoms with E-state index in [4.69, 9.17) is 15.9 Å². The fourth-order valence-electron chi connectivity index (χ4n) is 1.19. The number of aryl methyl sites for hydroxylation is 1. The average Bonchev–Trinajstić information content (AvgIpc) is 2.01. The molecule has 0 amide bonds. The third-order valence-corrected chi connectivity index (χ3v) is 1.71. The molecule has 1 aromatic rings. The molecule has 1 rings (SSSR count). The Hall–Kier alpha value is -1.58. The number of nitrogens with two attached hydrogens (primary N) is 1. The largest absolute Gasteiger partial charge is 0.480 e. The van der Waals surface area contributed by atoms with Crippen molar-refractivity contribution in [2.75, 3.05) is 12.8 Å². The van der Waals surface area contributed by atoms with Gasteiger partial charge in [0.25, 0.3) is 0 Å². The number of methoxy groups -OCH3 is 1. The molecular formula is C9H13N3O. The van der Waals surface area contributed by atoms with Crippen molar-refractivity contribution in [1.82, 2.24) is 4.98 Å². The minimum Gasteiger partial charge on any atom is -0.480 e. The summed E-state index contributed by atoms with van der Waals surface area (Å²) < 4.78 is 5.04. The van der Waals surface area contributed by atoms with Crippen LogP contribution in [-0.4, -0.2) is 17.8 Å². The molecule has 1 aromatic heterocycles. The molecule has 0 radical (unpaired) electrons. The summed E-state index contributed by atoms with van der Waals surface area (Å²) in [4.78, 5) is 4.13. The van der Waals surface area contributed by atoms with E-state index in [1.807, 2.05) is 6.92 Å². The van der Waals surface area contributed by atoms with Crippen molar-refractivity contribution in [2.24, 2.45) is 0 Å². The molecule has 1 heterocycles. The van der Waals surface area contributed by atoms with Crippen molar-refractivity contribution >= 4 is 11.4 Å². The molecule has 0 saturated heterocycles. The molecule has 0 aliphatic rings. The molecule has 0 fully saturated rings. The minimum absolute atomic E-state index is 0.363. The van der Waals surface area contributed by atoms with Gasteiger partial charge in [-0.05, 0) is 19.9 Å². The second-order valence-electron chi connectivity index (χ2n) is 2.86. The van der Waals surface area contributed by atoms with Gasteiger partial charge in [-0.3, -0.25) is 0 Å². The first-order chi connectivity index (χ1) is 6.06. The van der Waals surface area contributed by atoms with Gasteiger partial charge < -0.3 is 15.9 Å². The predicted octanol–water partition coefficient (Wildman–Crippen LogP) is 1.37. The van der Waals surface area contributed by atoms with Gasteiger partial charge in [0.05, 0.1) is 12.7 Å². The Morgan fingerprint density at radius 3 is 2.69 bits per heavy atom. The molecule has 0 aliphatic carbocycles. The van der Waals surface area contributed by atoms with Gasteiger partial charge in [0.2, 0.25) is 5.88 Å². The normalized spacial score (nSPS) is 9.77. The smallest absolute Gasteiger partial charge is 0.224 e. The molecule has 3 N–H and O–H groups in total.